The highest BCUT2D eigenvalue weighted by molar-refractivity contribution is 5.90. The van der Waals surface area contributed by atoms with Crippen molar-refractivity contribution in [1.82, 2.24) is 10.2 Å². The smallest absolute Gasteiger partial charge is 0.323 e. The molecule has 0 saturated carbocycles. The van der Waals surface area contributed by atoms with E-state index in [2.05, 4.69) is 45.7 Å². The average Bonchev–Trinajstić information content (AvgIpc) is 2.63. The number of amides is 2. The summed E-state index contributed by atoms with van der Waals surface area (Å²) >= 11 is 0. The molecule has 1 aliphatic rings. The second-order valence-corrected chi connectivity index (χ2v) is 6.68. The Kier molecular flexibility index (Phi) is 5.92. The molecule has 2 N–H and O–H groups in total. The van der Waals surface area contributed by atoms with E-state index < -0.39 is 0 Å². The molecular formula is C21H26N4O. The molecule has 2 aromatic carbocycles. The second kappa shape index (κ2) is 8.54. The van der Waals surface area contributed by atoms with E-state index in [1.807, 2.05) is 43.3 Å². The number of benzene rings is 2. The summed E-state index contributed by atoms with van der Waals surface area (Å²) in [5.41, 5.74) is 4.23. The zero-order valence-electron chi connectivity index (χ0n) is 15.4. The van der Waals surface area contributed by atoms with Gasteiger partial charge in [0, 0.05) is 43.8 Å². The van der Waals surface area contributed by atoms with Crippen molar-refractivity contribution in [3.05, 3.63) is 65.9 Å². The fourth-order valence-corrected chi connectivity index (χ4v) is 2.97. The maximum Gasteiger partial charge on any atom is 0.323 e. The lowest BCUT2D eigenvalue weighted by Gasteiger charge is -2.34. The Balaban J connectivity index is 1.50. The highest BCUT2D eigenvalue weighted by Crippen LogP contribution is 2.19. The van der Waals surface area contributed by atoms with Crippen molar-refractivity contribution >= 4 is 23.5 Å². The van der Waals surface area contributed by atoms with E-state index in [1.54, 1.807) is 6.20 Å². The molecule has 0 aliphatic carbocycles. The van der Waals surface area contributed by atoms with Gasteiger partial charge in [-0.05, 0) is 49.9 Å². The number of anilines is 2. The predicted molar refractivity (Wildman–Crippen MR) is 109 cm³/mol. The van der Waals surface area contributed by atoms with Crippen LogP contribution in [0.4, 0.5) is 16.2 Å². The number of rotatable bonds is 4. The number of nitrogens with zero attached hydrogens (tertiary/aromatic N) is 2. The molecule has 26 heavy (non-hydrogen) atoms. The van der Waals surface area contributed by atoms with E-state index in [9.17, 15) is 4.79 Å². The Morgan fingerprint density at radius 3 is 2.46 bits per heavy atom. The summed E-state index contributed by atoms with van der Waals surface area (Å²) in [7, 11) is 2.15. The number of aryl methyl sites for hydroxylation is 1. The Morgan fingerprint density at radius 1 is 1.04 bits per heavy atom. The standard InChI is InChI=1S/C21H26N4O/c1-17-4-3-5-18(16-17)10-11-22-21(26)23-19-6-8-20(9-7-19)25-14-12-24(2)13-15-25/h3-11,16H,12-15H2,1-2H3,(H2,22,23,26)/b11-10+. The molecule has 0 atom stereocenters. The van der Waals surface area contributed by atoms with E-state index in [0.29, 0.717) is 0 Å². The van der Waals surface area contributed by atoms with Gasteiger partial charge in [0.1, 0.15) is 0 Å². The van der Waals surface area contributed by atoms with Crippen LogP contribution in [0.25, 0.3) is 6.08 Å². The van der Waals surface area contributed by atoms with Gasteiger partial charge >= 0.3 is 6.03 Å². The van der Waals surface area contributed by atoms with Crippen molar-refractivity contribution in [3.63, 3.8) is 0 Å². The van der Waals surface area contributed by atoms with Crippen LogP contribution in [0, 0.1) is 6.92 Å². The Labute approximate surface area is 155 Å². The molecule has 1 heterocycles. The molecule has 1 fully saturated rings. The monoisotopic (exact) mass is 350 g/mol. The summed E-state index contributed by atoms with van der Waals surface area (Å²) in [4.78, 5) is 16.7. The lowest BCUT2D eigenvalue weighted by molar-refractivity contribution is 0.255. The lowest BCUT2D eigenvalue weighted by atomic mass is 10.1. The first-order valence-electron chi connectivity index (χ1n) is 8.94. The van der Waals surface area contributed by atoms with Crippen LogP contribution in [0.1, 0.15) is 11.1 Å². The first-order valence-corrected chi connectivity index (χ1v) is 8.94. The van der Waals surface area contributed by atoms with Gasteiger partial charge in [0.25, 0.3) is 0 Å². The molecule has 0 unspecified atom stereocenters. The number of likely N-dealkylation sites (N-methyl/N-ethyl adjacent to an activating group) is 1. The van der Waals surface area contributed by atoms with Gasteiger partial charge < -0.3 is 20.4 Å². The zero-order chi connectivity index (χ0) is 18.4. The summed E-state index contributed by atoms with van der Waals surface area (Å²) in [6, 6.07) is 15.9. The summed E-state index contributed by atoms with van der Waals surface area (Å²) in [5.74, 6) is 0. The molecule has 2 amide bonds. The van der Waals surface area contributed by atoms with Crippen LogP contribution >= 0.6 is 0 Å². The van der Waals surface area contributed by atoms with Crippen molar-refractivity contribution < 1.29 is 4.79 Å². The molecule has 3 rings (SSSR count). The van der Waals surface area contributed by atoms with Crippen LogP contribution in [0.3, 0.4) is 0 Å². The Morgan fingerprint density at radius 2 is 1.77 bits per heavy atom. The average molecular weight is 350 g/mol. The number of carbonyl (C=O) groups is 1. The molecule has 0 radical (unpaired) electrons. The van der Waals surface area contributed by atoms with Crippen LogP contribution < -0.4 is 15.5 Å². The van der Waals surface area contributed by atoms with Gasteiger partial charge in [-0.2, -0.15) is 0 Å². The minimum atomic E-state index is -0.249. The summed E-state index contributed by atoms with van der Waals surface area (Å²) in [6.07, 6.45) is 3.53. The minimum Gasteiger partial charge on any atom is -0.369 e. The number of piperazine rings is 1. The van der Waals surface area contributed by atoms with Crippen molar-refractivity contribution in [1.29, 1.82) is 0 Å². The van der Waals surface area contributed by atoms with Crippen molar-refractivity contribution in [2.45, 2.75) is 6.92 Å². The van der Waals surface area contributed by atoms with Gasteiger partial charge in [0.15, 0.2) is 0 Å². The Bertz CT molecular complexity index is 762. The van der Waals surface area contributed by atoms with Gasteiger partial charge in [-0.1, -0.05) is 29.8 Å². The normalized spacial score (nSPS) is 15.2. The maximum absolute atomic E-state index is 12.0. The molecule has 1 aliphatic heterocycles. The molecule has 0 bridgehead atoms. The quantitative estimate of drug-likeness (QED) is 0.887. The first-order chi connectivity index (χ1) is 12.6. The highest BCUT2D eigenvalue weighted by Gasteiger charge is 2.14. The van der Waals surface area contributed by atoms with Crippen molar-refractivity contribution in [3.8, 4) is 0 Å². The van der Waals surface area contributed by atoms with Crippen molar-refractivity contribution in [2.75, 3.05) is 43.4 Å². The third-order valence-electron chi connectivity index (χ3n) is 4.53. The maximum atomic E-state index is 12.0. The lowest BCUT2D eigenvalue weighted by Crippen LogP contribution is -2.44. The van der Waals surface area contributed by atoms with Crippen molar-refractivity contribution in [2.24, 2.45) is 0 Å². The van der Waals surface area contributed by atoms with Crippen LogP contribution in [0.2, 0.25) is 0 Å². The summed E-state index contributed by atoms with van der Waals surface area (Å²) in [5, 5.41) is 5.58. The van der Waals surface area contributed by atoms with Gasteiger partial charge in [-0.25, -0.2) is 4.79 Å². The second-order valence-electron chi connectivity index (χ2n) is 6.68. The van der Waals surface area contributed by atoms with Gasteiger partial charge in [-0.15, -0.1) is 0 Å². The SMILES string of the molecule is Cc1cccc(/C=C/NC(=O)Nc2ccc(N3CCN(C)CC3)cc2)c1. The summed E-state index contributed by atoms with van der Waals surface area (Å²) < 4.78 is 0. The van der Waals surface area contributed by atoms with E-state index >= 15 is 0 Å². The van der Waals surface area contributed by atoms with Crippen LogP contribution in [-0.4, -0.2) is 44.2 Å². The molecule has 0 spiro atoms. The van der Waals surface area contributed by atoms with E-state index in [-0.39, 0.29) is 6.03 Å². The zero-order valence-corrected chi connectivity index (χ0v) is 15.4. The van der Waals surface area contributed by atoms with E-state index in [0.717, 1.165) is 37.4 Å². The van der Waals surface area contributed by atoms with Gasteiger partial charge in [0.2, 0.25) is 0 Å². The van der Waals surface area contributed by atoms with Gasteiger partial charge in [-0.3, -0.25) is 0 Å². The van der Waals surface area contributed by atoms with Gasteiger partial charge in [0.05, 0.1) is 0 Å². The van der Waals surface area contributed by atoms with E-state index in [4.69, 9.17) is 0 Å². The van der Waals surface area contributed by atoms with Crippen LogP contribution in [0.15, 0.2) is 54.7 Å². The number of hydrogen-bond acceptors (Lipinski definition) is 3. The highest BCUT2D eigenvalue weighted by atomic mass is 16.2. The fourth-order valence-electron chi connectivity index (χ4n) is 2.97. The topological polar surface area (TPSA) is 47.6 Å². The largest absolute Gasteiger partial charge is 0.369 e. The number of urea groups is 1. The van der Waals surface area contributed by atoms with Crippen LogP contribution in [0.5, 0.6) is 0 Å². The molecular weight excluding hydrogens is 324 g/mol. The molecule has 5 heteroatoms. The molecule has 136 valence electrons. The molecule has 2 aromatic rings. The molecule has 5 nitrogen and oxygen atoms in total. The molecule has 0 aromatic heterocycles. The predicted octanol–water partition coefficient (Wildman–Crippen LogP) is 3.54. The molecule has 1 saturated heterocycles. The summed E-state index contributed by atoms with van der Waals surface area (Å²) in [6.45, 7) is 6.27. The third kappa shape index (κ3) is 5.10. The number of nitrogens with one attached hydrogen (secondary N) is 2. The fraction of sp³-hybridized carbons (Fsp3) is 0.286. The first kappa shape index (κ1) is 18.0. The Hall–Kier alpha value is -2.79. The number of carbonyl (C=O) groups excluding carboxylic acids is 1. The third-order valence-corrected chi connectivity index (χ3v) is 4.53. The minimum absolute atomic E-state index is 0.249. The van der Waals surface area contributed by atoms with E-state index in [1.165, 1.54) is 11.3 Å². The number of hydrogen-bond donors (Lipinski definition) is 2. The van der Waals surface area contributed by atoms with Crippen LogP contribution in [-0.2, 0) is 0 Å².